The zero-order chi connectivity index (χ0) is 18.1. The highest BCUT2D eigenvalue weighted by atomic mass is 16.5. The largest absolute Gasteiger partial charge is 0.339 e. The van der Waals surface area contributed by atoms with Crippen LogP contribution >= 0.6 is 0 Å². The van der Waals surface area contributed by atoms with Gasteiger partial charge in [0.05, 0.1) is 23.0 Å². The van der Waals surface area contributed by atoms with Gasteiger partial charge >= 0.3 is 0 Å². The van der Waals surface area contributed by atoms with Crippen molar-refractivity contribution >= 4 is 5.91 Å². The first kappa shape index (κ1) is 16.4. The van der Waals surface area contributed by atoms with Gasteiger partial charge in [-0.1, -0.05) is 5.16 Å². The van der Waals surface area contributed by atoms with E-state index in [9.17, 15) is 4.79 Å². The maximum Gasteiger partial charge on any atom is 0.259 e. The molecule has 0 atom stereocenters. The molecule has 0 aliphatic carbocycles. The van der Waals surface area contributed by atoms with Gasteiger partial charge in [0.15, 0.2) is 11.6 Å². The number of piperidine rings is 1. The van der Waals surface area contributed by atoms with E-state index in [2.05, 4.69) is 20.2 Å². The van der Waals surface area contributed by atoms with Crippen molar-refractivity contribution in [3.05, 3.63) is 41.6 Å². The minimum atomic E-state index is 0.0476. The van der Waals surface area contributed by atoms with Gasteiger partial charge in [-0.3, -0.25) is 4.79 Å². The second kappa shape index (κ2) is 6.70. The Kier molecular flexibility index (Phi) is 4.24. The average molecular weight is 352 g/mol. The number of rotatable bonds is 3. The molecule has 3 aromatic heterocycles. The maximum absolute atomic E-state index is 12.7. The molecule has 26 heavy (non-hydrogen) atoms. The van der Waals surface area contributed by atoms with Gasteiger partial charge in [0.2, 0.25) is 0 Å². The Labute approximate surface area is 150 Å². The SMILES string of the molecule is Cc1noc(-c2ccc(-n3ncc(C(=O)N4CCCCC4)c3C)nc2)n1. The first-order valence-corrected chi connectivity index (χ1v) is 8.74. The number of carbonyl (C=O) groups excluding carboxylic acids is 1. The van der Waals surface area contributed by atoms with Crippen LogP contribution in [0.25, 0.3) is 17.3 Å². The van der Waals surface area contributed by atoms with Gasteiger partial charge in [-0.25, -0.2) is 9.67 Å². The fourth-order valence-electron chi connectivity index (χ4n) is 3.17. The summed E-state index contributed by atoms with van der Waals surface area (Å²) in [6.07, 6.45) is 6.62. The van der Waals surface area contributed by atoms with Gasteiger partial charge in [0, 0.05) is 19.3 Å². The molecule has 0 aromatic carbocycles. The summed E-state index contributed by atoms with van der Waals surface area (Å²) in [4.78, 5) is 23.3. The minimum Gasteiger partial charge on any atom is -0.339 e. The molecule has 4 rings (SSSR count). The van der Waals surface area contributed by atoms with Crippen LogP contribution in [0.1, 0.15) is 41.1 Å². The van der Waals surface area contributed by atoms with Crippen LogP contribution in [0.5, 0.6) is 0 Å². The van der Waals surface area contributed by atoms with Crippen molar-refractivity contribution < 1.29 is 9.32 Å². The van der Waals surface area contributed by atoms with E-state index in [0.29, 0.717) is 23.1 Å². The van der Waals surface area contributed by atoms with Crippen LogP contribution in [0.4, 0.5) is 0 Å². The van der Waals surface area contributed by atoms with Crippen molar-refractivity contribution in [1.82, 2.24) is 29.8 Å². The minimum absolute atomic E-state index is 0.0476. The standard InChI is InChI=1S/C18H20N6O2/c1-12-15(18(25)23-8-4-3-5-9-23)11-20-24(12)16-7-6-14(10-19-16)17-21-13(2)22-26-17/h6-7,10-11H,3-5,8-9H2,1-2H3. The van der Waals surface area contributed by atoms with E-state index in [0.717, 1.165) is 37.2 Å². The number of likely N-dealkylation sites (tertiary alicyclic amines) is 1. The van der Waals surface area contributed by atoms with Crippen LogP contribution in [0.3, 0.4) is 0 Å². The Bertz CT molecular complexity index is 922. The average Bonchev–Trinajstić information content (AvgIpc) is 3.28. The molecule has 0 unspecified atom stereocenters. The summed E-state index contributed by atoms with van der Waals surface area (Å²) in [7, 11) is 0. The molecule has 1 aliphatic heterocycles. The monoisotopic (exact) mass is 352 g/mol. The number of carbonyl (C=O) groups is 1. The maximum atomic E-state index is 12.7. The lowest BCUT2D eigenvalue weighted by Gasteiger charge is -2.26. The molecule has 0 radical (unpaired) electrons. The van der Waals surface area contributed by atoms with Gasteiger partial charge in [0.25, 0.3) is 11.8 Å². The summed E-state index contributed by atoms with van der Waals surface area (Å²) < 4.78 is 6.83. The Morgan fingerprint density at radius 1 is 1.12 bits per heavy atom. The van der Waals surface area contributed by atoms with Crippen LogP contribution in [0.2, 0.25) is 0 Å². The number of hydrogen-bond acceptors (Lipinski definition) is 6. The fourth-order valence-corrected chi connectivity index (χ4v) is 3.17. The normalized spacial score (nSPS) is 14.6. The summed E-state index contributed by atoms with van der Waals surface area (Å²) in [5, 5.41) is 8.14. The molecular weight excluding hydrogens is 332 g/mol. The molecule has 1 amide bonds. The molecule has 134 valence electrons. The molecule has 1 aliphatic rings. The summed E-state index contributed by atoms with van der Waals surface area (Å²) in [6, 6.07) is 3.67. The van der Waals surface area contributed by atoms with E-state index in [1.807, 2.05) is 24.0 Å². The molecule has 1 saturated heterocycles. The molecular formula is C18H20N6O2. The van der Waals surface area contributed by atoms with E-state index < -0.39 is 0 Å². The smallest absolute Gasteiger partial charge is 0.259 e. The molecule has 8 heteroatoms. The summed E-state index contributed by atoms with van der Waals surface area (Å²) in [5.41, 5.74) is 2.16. The van der Waals surface area contributed by atoms with Gasteiger partial charge < -0.3 is 9.42 Å². The van der Waals surface area contributed by atoms with E-state index >= 15 is 0 Å². The van der Waals surface area contributed by atoms with Crippen molar-refractivity contribution in [2.24, 2.45) is 0 Å². The van der Waals surface area contributed by atoms with Crippen LogP contribution in [-0.2, 0) is 0 Å². The zero-order valence-electron chi connectivity index (χ0n) is 14.8. The van der Waals surface area contributed by atoms with Gasteiger partial charge in [0.1, 0.15) is 0 Å². The predicted octanol–water partition coefficient (Wildman–Crippen LogP) is 2.56. The predicted molar refractivity (Wildman–Crippen MR) is 93.9 cm³/mol. The Balaban J connectivity index is 1.58. The topological polar surface area (TPSA) is 89.9 Å². The van der Waals surface area contributed by atoms with Gasteiger partial charge in [-0.2, -0.15) is 10.1 Å². The quantitative estimate of drug-likeness (QED) is 0.719. The Morgan fingerprint density at radius 2 is 1.92 bits per heavy atom. The Morgan fingerprint density at radius 3 is 2.58 bits per heavy atom. The number of hydrogen-bond donors (Lipinski definition) is 0. The van der Waals surface area contributed by atoms with E-state index in [1.165, 1.54) is 6.42 Å². The number of aromatic nitrogens is 5. The van der Waals surface area contributed by atoms with E-state index in [4.69, 9.17) is 4.52 Å². The number of nitrogens with zero attached hydrogens (tertiary/aromatic N) is 6. The summed E-state index contributed by atoms with van der Waals surface area (Å²) >= 11 is 0. The molecule has 4 heterocycles. The van der Waals surface area contributed by atoms with Crippen LogP contribution in [0, 0.1) is 13.8 Å². The molecule has 8 nitrogen and oxygen atoms in total. The lowest BCUT2D eigenvalue weighted by Crippen LogP contribution is -2.35. The lowest BCUT2D eigenvalue weighted by atomic mass is 10.1. The zero-order valence-corrected chi connectivity index (χ0v) is 14.8. The number of amides is 1. The second-order valence-electron chi connectivity index (χ2n) is 6.46. The molecule has 1 fully saturated rings. The number of aryl methyl sites for hydroxylation is 1. The number of pyridine rings is 1. The van der Waals surface area contributed by atoms with Crippen molar-refractivity contribution in [2.75, 3.05) is 13.1 Å². The van der Waals surface area contributed by atoms with Crippen molar-refractivity contribution in [3.63, 3.8) is 0 Å². The van der Waals surface area contributed by atoms with E-state index in [-0.39, 0.29) is 5.91 Å². The Hall–Kier alpha value is -3.03. The molecule has 0 spiro atoms. The van der Waals surface area contributed by atoms with Crippen molar-refractivity contribution in [1.29, 1.82) is 0 Å². The van der Waals surface area contributed by atoms with E-state index in [1.54, 1.807) is 24.0 Å². The third-order valence-electron chi connectivity index (χ3n) is 4.62. The molecule has 0 bridgehead atoms. The third-order valence-corrected chi connectivity index (χ3v) is 4.62. The second-order valence-corrected chi connectivity index (χ2v) is 6.46. The third kappa shape index (κ3) is 2.98. The van der Waals surface area contributed by atoms with Crippen molar-refractivity contribution in [3.8, 4) is 17.3 Å². The summed E-state index contributed by atoms with van der Waals surface area (Å²) in [6.45, 7) is 5.30. The highest BCUT2D eigenvalue weighted by Gasteiger charge is 2.22. The lowest BCUT2D eigenvalue weighted by molar-refractivity contribution is 0.0723. The van der Waals surface area contributed by atoms with Crippen LogP contribution < -0.4 is 0 Å². The molecule has 3 aromatic rings. The first-order valence-electron chi connectivity index (χ1n) is 8.74. The van der Waals surface area contributed by atoms with Crippen LogP contribution in [0.15, 0.2) is 29.0 Å². The van der Waals surface area contributed by atoms with Gasteiger partial charge in [-0.15, -0.1) is 0 Å². The van der Waals surface area contributed by atoms with Crippen LogP contribution in [-0.4, -0.2) is 48.8 Å². The fraction of sp³-hybridized carbons (Fsp3) is 0.389. The molecule has 0 N–H and O–H groups in total. The highest BCUT2D eigenvalue weighted by Crippen LogP contribution is 2.20. The van der Waals surface area contributed by atoms with Gasteiger partial charge in [-0.05, 0) is 45.2 Å². The highest BCUT2D eigenvalue weighted by molar-refractivity contribution is 5.95. The first-order chi connectivity index (χ1) is 12.6. The molecule has 0 saturated carbocycles. The summed E-state index contributed by atoms with van der Waals surface area (Å²) in [5.74, 6) is 1.69. The van der Waals surface area contributed by atoms with Crippen molar-refractivity contribution in [2.45, 2.75) is 33.1 Å².